The van der Waals surface area contributed by atoms with E-state index in [1.54, 1.807) is 12.1 Å². The van der Waals surface area contributed by atoms with Crippen LogP contribution in [0.3, 0.4) is 0 Å². The summed E-state index contributed by atoms with van der Waals surface area (Å²) in [4.78, 5) is 16.4. The molecule has 3 heterocycles. The number of hydrogen-bond acceptors (Lipinski definition) is 3. The van der Waals surface area contributed by atoms with Crippen LogP contribution in [0, 0.1) is 5.82 Å². The third-order valence-electron chi connectivity index (χ3n) is 8.66. The molecule has 0 N–H and O–H groups in total. The molecule has 1 amide bonds. The minimum atomic E-state index is -0.839. The van der Waals surface area contributed by atoms with Crippen LogP contribution >= 0.6 is 0 Å². The number of amides is 1. The second-order valence-corrected chi connectivity index (χ2v) is 11.6. The van der Waals surface area contributed by atoms with Gasteiger partial charge in [-0.15, -0.1) is 0 Å². The Balaban J connectivity index is 1.38. The van der Waals surface area contributed by atoms with E-state index in [9.17, 15) is 9.18 Å². The predicted molar refractivity (Wildman–Crippen MR) is 136 cm³/mol. The maximum Gasteiger partial charge on any atom is 0.242 e. The van der Waals surface area contributed by atoms with Crippen molar-refractivity contribution in [3.63, 3.8) is 0 Å². The summed E-state index contributed by atoms with van der Waals surface area (Å²) >= 11 is 0. The smallest absolute Gasteiger partial charge is 0.242 e. The summed E-state index contributed by atoms with van der Waals surface area (Å²) in [5.74, 6) is 1.43. The van der Waals surface area contributed by atoms with Gasteiger partial charge < -0.3 is 14.4 Å². The van der Waals surface area contributed by atoms with Gasteiger partial charge in [-0.3, -0.25) is 4.79 Å². The lowest BCUT2D eigenvalue weighted by atomic mass is 9.66. The Morgan fingerprint density at radius 3 is 2.44 bits per heavy atom. The molecular weight excluding hydrogens is 453 g/mol. The summed E-state index contributed by atoms with van der Waals surface area (Å²) in [7, 11) is 0. The fraction of sp³-hybridized carbons (Fsp3) is 0.387. The van der Waals surface area contributed by atoms with E-state index >= 15 is 0 Å². The third-order valence-corrected chi connectivity index (χ3v) is 8.66. The minimum Gasteiger partial charge on any atom is -0.487 e. The van der Waals surface area contributed by atoms with Gasteiger partial charge in [0.25, 0.3) is 0 Å². The molecule has 0 aromatic heterocycles. The highest BCUT2D eigenvalue weighted by atomic mass is 19.1. The molecule has 1 fully saturated rings. The average Bonchev–Trinajstić information content (AvgIpc) is 3.05. The Kier molecular flexibility index (Phi) is 4.47. The van der Waals surface area contributed by atoms with Crippen LogP contribution in [0.25, 0.3) is 0 Å². The first-order chi connectivity index (χ1) is 17.3. The normalized spacial score (nSPS) is 24.4. The topological polar surface area (TPSA) is 38.8 Å². The Labute approximate surface area is 211 Å². The van der Waals surface area contributed by atoms with E-state index < -0.39 is 11.0 Å². The van der Waals surface area contributed by atoms with Crippen molar-refractivity contribution in [3.8, 4) is 11.5 Å². The SMILES string of the molecule is CC1(C)CC2(C(=O)N(Cc3ccc(F)cc3)c3ccccc32)c2cc3c(cc2O1)OC1(CCC1)CC3. The van der Waals surface area contributed by atoms with Crippen molar-refractivity contribution in [3.05, 3.63) is 88.7 Å². The third kappa shape index (κ3) is 3.07. The van der Waals surface area contributed by atoms with Gasteiger partial charge >= 0.3 is 0 Å². The number of nitrogens with zero attached hydrogens (tertiary/aromatic N) is 1. The average molecular weight is 484 g/mol. The molecule has 4 nitrogen and oxygen atoms in total. The Hall–Kier alpha value is -3.34. The van der Waals surface area contributed by atoms with Crippen LogP contribution < -0.4 is 14.4 Å². The van der Waals surface area contributed by atoms with E-state index in [1.165, 1.54) is 18.6 Å². The molecule has 5 heteroatoms. The molecule has 2 spiro atoms. The van der Waals surface area contributed by atoms with E-state index in [-0.39, 0.29) is 17.3 Å². The quantitative estimate of drug-likeness (QED) is 0.420. The van der Waals surface area contributed by atoms with Gasteiger partial charge in [0.15, 0.2) is 0 Å². The number of aryl methyl sites for hydroxylation is 1. The first-order valence-electron chi connectivity index (χ1n) is 13.0. The largest absolute Gasteiger partial charge is 0.487 e. The van der Waals surface area contributed by atoms with Gasteiger partial charge in [-0.1, -0.05) is 30.3 Å². The Morgan fingerprint density at radius 1 is 0.917 bits per heavy atom. The van der Waals surface area contributed by atoms with Crippen LogP contribution in [0.4, 0.5) is 10.1 Å². The Morgan fingerprint density at radius 2 is 1.69 bits per heavy atom. The molecular formula is C31H30FNO3. The fourth-order valence-corrected chi connectivity index (χ4v) is 6.84. The van der Waals surface area contributed by atoms with E-state index in [4.69, 9.17) is 9.47 Å². The fourth-order valence-electron chi connectivity index (χ4n) is 6.84. The molecule has 184 valence electrons. The second kappa shape index (κ2) is 7.34. The number of carbonyl (C=O) groups excluding carboxylic acids is 1. The van der Waals surface area contributed by atoms with Gasteiger partial charge in [-0.25, -0.2) is 4.39 Å². The highest BCUT2D eigenvalue weighted by molar-refractivity contribution is 6.11. The van der Waals surface area contributed by atoms with Crippen molar-refractivity contribution in [2.45, 2.75) is 75.5 Å². The van der Waals surface area contributed by atoms with Gasteiger partial charge in [0.05, 0.1) is 6.54 Å². The van der Waals surface area contributed by atoms with E-state index in [0.29, 0.717) is 13.0 Å². The molecule has 1 aliphatic carbocycles. The minimum absolute atomic E-state index is 0.00908. The van der Waals surface area contributed by atoms with E-state index in [0.717, 1.165) is 65.1 Å². The number of anilines is 1. The molecule has 7 rings (SSSR count). The zero-order chi connectivity index (χ0) is 24.7. The highest BCUT2D eigenvalue weighted by Gasteiger charge is 2.58. The van der Waals surface area contributed by atoms with Gasteiger partial charge in [0, 0.05) is 23.7 Å². The summed E-state index contributed by atoms with van der Waals surface area (Å²) < 4.78 is 26.6. The molecule has 1 saturated carbocycles. The van der Waals surface area contributed by atoms with Crippen molar-refractivity contribution >= 4 is 11.6 Å². The first kappa shape index (κ1) is 21.9. The molecule has 3 aliphatic heterocycles. The van der Waals surface area contributed by atoms with Crippen LogP contribution in [0.2, 0.25) is 0 Å². The number of halogens is 1. The van der Waals surface area contributed by atoms with Crippen LogP contribution in [-0.2, 0) is 23.2 Å². The summed E-state index contributed by atoms with van der Waals surface area (Å²) in [6, 6.07) is 18.7. The molecule has 3 aromatic carbocycles. The molecule has 0 bridgehead atoms. The van der Waals surface area contributed by atoms with Gasteiger partial charge in [-0.05, 0) is 86.9 Å². The first-order valence-corrected chi connectivity index (χ1v) is 13.0. The number of benzene rings is 3. The van der Waals surface area contributed by atoms with Gasteiger partial charge in [-0.2, -0.15) is 0 Å². The number of carbonyl (C=O) groups is 1. The number of hydrogen-bond donors (Lipinski definition) is 0. The van der Waals surface area contributed by atoms with Crippen molar-refractivity contribution in [1.29, 1.82) is 0 Å². The molecule has 1 unspecified atom stereocenters. The van der Waals surface area contributed by atoms with Crippen LogP contribution in [0.15, 0.2) is 60.7 Å². The summed E-state index contributed by atoms with van der Waals surface area (Å²) in [5.41, 5.74) is 3.54. The maximum absolute atomic E-state index is 14.6. The summed E-state index contributed by atoms with van der Waals surface area (Å²) in [6.45, 7) is 4.51. The van der Waals surface area contributed by atoms with Crippen molar-refractivity contribution in [2.75, 3.05) is 4.90 Å². The summed E-state index contributed by atoms with van der Waals surface area (Å²) in [5, 5.41) is 0. The lowest BCUT2D eigenvalue weighted by molar-refractivity contribution is -0.124. The summed E-state index contributed by atoms with van der Waals surface area (Å²) in [6.07, 6.45) is 5.99. The van der Waals surface area contributed by atoms with Crippen molar-refractivity contribution < 1.29 is 18.7 Å². The van der Waals surface area contributed by atoms with Crippen LogP contribution in [-0.4, -0.2) is 17.1 Å². The maximum atomic E-state index is 14.6. The molecule has 0 saturated heterocycles. The zero-order valence-corrected chi connectivity index (χ0v) is 20.8. The number of fused-ring (bicyclic) bond motifs is 5. The van der Waals surface area contributed by atoms with Crippen molar-refractivity contribution in [1.82, 2.24) is 0 Å². The zero-order valence-electron chi connectivity index (χ0n) is 20.8. The predicted octanol–water partition coefficient (Wildman–Crippen LogP) is 6.47. The lowest BCUT2D eigenvalue weighted by Gasteiger charge is -2.47. The molecule has 4 aliphatic rings. The number of rotatable bonds is 2. The lowest BCUT2D eigenvalue weighted by Crippen LogP contribution is -2.51. The number of para-hydroxylation sites is 1. The van der Waals surface area contributed by atoms with Gasteiger partial charge in [0.1, 0.15) is 33.9 Å². The molecule has 3 aromatic rings. The van der Waals surface area contributed by atoms with Gasteiger partial charge in [0.2, 0.25) is 5.91 Å². The van der Waals surface area contributed by atoms with Crippen molar-refractivity contribution in [2.24, 2.45) is 0 Å². The second-order valence-electron chi connectivity index (χ2n) is 11.6. The van der Waals surface area contributed by atoms with E-state index in [2.05, 4.69) is 26.0 Å². The standard InChI is InChI=1S/C31H30FNO3/c1-29(2)19-31(24-16-21-12-15-30(13-5-14-30)36-26(21)17-27(24)35-29)23-6-3-4-7-25(23)33(28(31)34)18-20-8-10-22(32)11-9-20/h3-4,6-11,16-17H,5,12-15,18-19H2,1-2H3. The number of ether oxygens (including phenoxy) is 2. The molecule has 0 radical (unpaired) electrons. The molecule has 36 heavy (non-hydrogen) atoms. The van der Waals surface area contributed by atoms with Crippen LogP contribution in [0.5, 0.6) is 11.5 Å². The monoisotopic (exact) mass is 483 g/mol. The van der Waals surface area contributed by atoms with E-state index in [1.807, 2.05) is 29.2 Å². The van der Waals surface area contributed by atoms with Crippen LogP contribution in [0.1, 0.15) is 68.2 Å². The molecule has 1 atom stereocenters. The highest BCUT2D eigenvalue weighted by Crippen LogP contribution is 2.58. The Bertz CT molecular complexity index is 1390.